The van der Waals surface area contributed by atoms with Gasteiger partial charge < -0.3 is 14.8 Å². The molecule has 10 nitrogen and oxygen atoms in total. The van der Waals surface area contributed by atoms with Crippen LogP contribution < -0.4 is 19.5 Å². The molecule has 0 saturated carbocycles. The fraction of sp³-hybridized carbons (Fsp3) is 0.350. The summed E-state index contributed by atoms with van der Waals surface area (Å²) in [5.74, 6) is 1.81. The molecule has 0 spiro atoms. The molecule has 0 fully saturated rings. The normalized spacial score (nSPS) is 11.4. The number of anilines is 1. The Balaban J connectivity index is 1.60. The highest BCUT2D eigenvalue weighted by atomic mass is 32.2. The second-order valence-electron chi connectivity index (χ2n) is 6.83. The van der Waals surface area contributed by atoms with E-state index in [1.54, 1.807) is 28.9 Å². The Bertz CT molecular complexity index is 1160. The van der Waals surface area contributed by atoms with Gasteiger partial charge in [0.05, 0.1) is 19.9 Å². The third kappa shape index (κ3) is 4.94. The summed E-state index contributed by atoms with van der Waals surface area (Å²) in [6, 6.07) is 8.18. The molecule has 0 saturated heterocycles. The summed E-state index contributed by atoms with van der Waals surface area (Å²) in [5.41, 5.74) is 3.07. The summed E-state index contributed by atoms with van der Waals surface area (Å²) < 4.78 is 39.8. The van der Waals surface area contributed by atoms with E-state index < -0.39 is 10.0 Å². The summed E-state index contributed by atoms with van der Waals surface area (Å²) in [6.45, 7) is 6.40. The first kappa shape index (κ1) is 22.5. The Kier molecular flexibility index (Phi) is 6.76. The first-order chi connectivity index (χ1) is 14.8. The van der Waals surface area contributed by atoms with E-state index in [1.165, 1.54) is 20.3 Å². The maximum Gasteiger partial charge on any atom is 0.244 e. The quantitative estimate of drug-likeness (QED) is 0.479. The number of nitrogens with zero attached hydrogens (tertiary/aromatic N) is 4. The van der Waals surface area contributed by atoms with E-state index in [2.05, 4.69) is 25.3 Å². The molecule has 0 unspecified atom stereocenters. The molecule has 0 aliphatic carbocycles. The van der Waals surface area contributed by atoms with Gasteiger partial charge in [0.25, 0.3) is 0 Å². The van der Waals surface area contributed by atoms with Gasteiger partial charge in [-0.3, -0.25) is 0 Å². The van der Waals surface area contributed by atoms with E-state index >= 15 is 0 Å². The predicted octanol–water partition coefficient (Wildman–Crippen LogP) is 2.00. The molecule has 0 radical (unpaired) electrons. The van der Waals surface area contributed by atoms with Crippen LogP contribution in [0.4, 0.5) is 5.82 Å². The minimum absolute atomic E-state index is 0.0127. The molecule has 0 bridgehead atoms. The lowest BCUT2D eigenvalue weighted by Crippen LogP contribution is -2.29. The van der Waals surface area contributed by atoms with Crippen molar-refractivity contribution in [3.05, 3.63) is 47.3 Å². The monoisotopic (exact) mass is 446 g/mol. The van der Waals surface area contributed by atoms with Gasteiger partial charge in [-0.25, -0.2) is 17.8 Å². The molecule has 31 heavy (non-hydrogen) atoms. The minimum Gasteiger partial charge on any atom is -0.497 e. The maximum atomic E-state index is 12.6. The molecule has 166 valence electrons. The van der Waals surface area contributed by atoms with Gasteiger partial charge in [-0.05, 0) is 50.6 Å². The Hall–Kier alpha value is -3.18. The molecule has 2 N–H and O–H groups in total. The number of methoxy groups -OCH3 is 2. The highest BCUT2D eigenvalue weighted by Crippen LogP contribution is 2.27. The van der Waals surface area contributed by atoms with Gasteiger partial charge in [-0.1, -0.05) is 0 Å². The van der Waals surface area contributed by atoms with E-state index in [-0.39, 0.29) is 17.2 Å². The lowest BCUT2D eigenvalue weighted by Gasteiger charge is -2.12. The van der Waals surface area contributed by atoms with Crippen molar-refractivity contribution in [3.8, 4) is 17.3 Å². The molecule has 1 aromatic carbocycles. The van der Waals surface area contributed by atoms with Crippen molar-refractivity contribution >= 4 is 15.8 Å². The van der Waals surface area contributed by atoms with Gasteiger partial charge in [-0.15, -0.1) is 10.2 Å². The van der Waals surface area contributed by atoms with Crippen molar-refractivity contribution < 1.29 is 17.9 Å². The van der Waals surface area contributed by atoms with Crippen LogP contribution in [0.1, 0.15) is 17.0 Å². The van der Waals surface area contributed by atoms with Gasteiger partial charge in [0.15, 0.2) is 5.82 Å². The van der Waals surface area contributed by atoms with Crippen LogP contribution in [0.5, 0.6) is 11.5 Å². The zero-order valence-corrected chi connectivity index (χ0v) is 18.9. The Labute approximate surface area is 181 Å². The summed E-state index contributed by atoms with van der Waals surface area (Å²) in [4.78, 5) is 0.0127. The van der Waals surface area contributed by atoms with Gasteiger partial charge in [0.1, 0.15) is 22.2 Å². The summed E-state index contributed by atoms with van der Waals surface area (Å²) >= 11 is 0. The second kappa shape index (κ2) is 9.31. The van der Waals surface area contributed by atoms with Gasteiger partial charge >= 0.3 is 0 Å². The number of hydrogen-bond acceptors (Lipinski definition) is 8. The first-order valence-corrected chi connectivity index (χ1v) is 11.1. The molecule has 0 aliphatic rings. The van der Waals surface area contributed by atoms with Gasteiger partial charge in [-0.2, -0.15) is 5.10 Å². The van der Waals surface area contributed by atoms with Crippen LogP contribution in [-0.2, 0) is 10.0 Å². The van der Waals surface area contributed by atoms with Crippen molar-refractivity contribution in [1.82, 2.24) is 24.7 Å². The third-order valence-corrected chi connectivity index (χ3v) is 6.39. The number of nitrogens with one attached hydrogen (secondary N) is 2. The van der Waals surface area contributed by atoms with Crippen LogP contribution in [0.3, 0.4) is 0 Å². The minimum atomic E-state index is -3.78. The van der Waals surface area contributed by atoms with Crippen molar-refractivity contribution in [2.75, 3.05) is 32.6 Å². The molecule has 3 aromatic rings. The SMILES string of the molecule is COc1ccc(OC)c(S(=O)(=O)NCCNc2ccc(-n3nc(C)c(C)c3C)nn2)c1. The highest BCUT2D eigenvalue weighted by Gasteiger charge is 2.20. The molecule has 2 aromatic heterocycles. The van der Waals surface area contributed by atoms with E-state index in [1.807, 2.05) is 20.8 Å². The predicted molar refractivity (Wildman–Crippen MR) is 117 cm³/mol. The van der Waals surface area contributed by atoms with Crippen LogP contribution in [0.25, 0.3) is 5.82 Å². The number of benzene rings is 1. The van der Waals surface area contributed by atoms with Crippen molar-refractivity contribution in [1.29, 1.82) is 0 Å². The fourth-order valence-corrected chi connectivity index (χ4v) is 4.14. The second-order valence-corrected chi connectivity index (χ2v) is 8.56. The fourth-order valence-electron chi connectivity index (χ4n) is 2.92. The molecule has 11 heteroatoms. The molecule has 2 heterocycles. The average molecular weight is 447 g/mol. The maximum absolute atomic E-state index is 12.6. The Morgan fingerprint density at radius 3 is 2.35 bits per heavy atom. The summed E-state index contributed by atoms with van der Waals surface area (Å²) in [5, 5.41) is 15.9. The molecule has 3 rings (SSSR count). The third-order valence-electron chi connectivity index (χ3n) is 4.90. The van der Waals surface area contributed by atoms with E-state index in [9.17, 15) is 8.42 Å². The Morgan fingerprint density at radius 1 is 1.00 bits per heavy atom. The number of rotatable bonds is 9. The van der Waals surface area contributed by atoms with Gasteiger partial charge in [0.2, 0.25) is 10.0 Å². The lowest BCUT2D eigenvalue weighted by atomic mass is 10.2. The zero-order valence-electron chi connectivity index (χ0n) is 18.1. The smallest absolute Gasteiger partial charge is 0.244 e. The van der Waals surface area contributed by atoms with Crippen LogP contribution in [0, 0.1) is 20.8 Å². The van der Waals surface area contributed by atoms with Gasteiger partial charge in [0, 0.05) is 24.8 Å². The molecule has 0 aliphatic heterocycles. The average Bonchev–Trinajstić information content (AvgIpc) is 3.04. The molecular formula is C20H26N6O4S. The van der Waals surface area contributed by atoms with Crippen LogP contribution >= 0.6 is 0 Å². The van der Waals surface area contributed by atoms with E-state index in [0.29, 0.717) is 23.9 Å². The van der Waals surface area contributed by atoms with Crippen LogP contribution in [0.15, 0.2) is 35.2 Å². The number of aryl methyl sites for hydroxylation is 1. The van der Waals surface area contributed by atoms with Crippen molar-refractivity contribution in [3.63, 3.8) is 0 Å². The van der Waals surface area contributed by atoms with E-state index in [0.717, 1.165) is 17.0 Å². The van der Waals surface area contributed by atoms with Crippen LogP contribution in [-0.4, -0.2) is 55.7 Å². The lowest BCUT2D eigenvalue weighted by molar-refractivity contribution is 0.392. The summed E-state index contributed by atoms with van der Waals surface area (Å²) in [6.07, 6.45) is 0. The number of hydrogen-bond donors (Lipinski definition) is 2. The van der Waals surface area contributed by atoms with E-state index in [4.69, 9.17) is 9.47 Å². The highest BCUT2D eigenvalue weighted by molar-refractivity contribution is 7.89. The first-order valence-electron chi connectivity index (χ1n) is 9.59. The molecular weight excluding hydrogens is 420 g/mol. The number of aromatic nitrogens is 4. The molecule has 0 amide bonds. The topological polar surface area (TPSA) is 120 Å². The van der Waals surface area contributed by atoms with Crippen LogP contribution in [0.2, 0.25) is 0 Å². The zero-order chi connectivity index (χ0) is 22.6. The van der Waals surface area contributed by atoms with Crippen molar-refractivity contribution in [2.45, 2.75) is 25.7 Å². The summed E-state index contributed by atoms with van der Waals surface area (Å²) in [7, 11) is -0.897. The standard InChI is InChI=1S/C20H26N6O4S/c1-13-14(2)25-26(15(13)3)20-9-8-19(23-24-20)21-10-11-22-31(27,28)18-12-16(29-4)6-7-17(18)30-5/h6-9,12,22H,10-11H2,1-5H3,(H,21,23). The Morgan fingerprint density at radius 2 is 1.77 bits per heavy atom. The number of sulfonamides is 1. The largest absolute Gasteiger partial charge is 0.497 e. The molecule has 0 atom stereocenters. The number of ether oxygens (including phenoxy) is 2. The van der Waals surface area contributed by atoms with Crippen molar-refractivity contribution in [2.24, 2.45) is 0 Å².